The van der Waals surface area contributed by atoms with Crippen molar-refractivity contribution in [1.82, 2.24) is 0 Å². The van der Waals surface area contributed by atoms with Gasteiger partial charge in [-0.2, -0.15) is 0 Å². The number of nitrogens with zero attached hydrogens (tertiary/aromatic N) is 1. The summed E-state index contributed by atoms with van der Waals surface area (Å²) in [5.41, 5.74) is 1.43. The zero-order valence-corrected chi connectivity index (χ0v) is 13.0. The molecule has 0 bridgehead atoms. The normalized spacial score (nSPS) is 9.92. The summed E-state index contributed by atoms with van der Waals surface area (Å²) in [5, 5.41) is 15.4. The lowest BCUT2D eigenvalue weighted by Gasteiger charge is -2.11. The van der Waals surface area contributed by atoms with Crippen LogP contribution in [-0.4, -0.2) is 23.8 Å². The van der Waals surface area contributed by atoms with E-state index in [1.54, 1.807) is 12.1 Å². The number of non-ortho nitro benzene ring substituents is 1. The molecule has 0 radical (unpaired) electrons. The molecule has 0 heterocycles. The topological polar surface area (TPSA) is 111 Å². The average molecular weight is 329 g/mol. The second kappa shape index (κ2) is 7.23. The number of hydrogen-bond acceptors (Lipinski definition) is 5. The number of rotatable bonds is 4. The van der Waals surface area contributed by atoms with Crippen molar-refractivity contribution in [2.24, 2.45) is 0 Å². The fourth-order valence-corrected chi connectivity index (χ4v) is 1.95. The zero-order valence-electron chi connectivity index (χ0n) is 13.0. The smallest absolute Gasteiger partial charge is 0.314 e. The van der Waals surface area contributed by atoms with Crippen LogP contribution in [0.4, 0.5) is 17.1 Å². The van der Waals surface area contributed by atoms with Crippen molar-refractivity contribution >= 4 is 28.9 Å². The Labute approximate surface area is 137 Å². The Morgan fingerprint density at radius 2 is 1.67 bits per heavy atom. The van der Waals surface area contributed by atoms with E-state index in [9.17, 15) is 19.7 Å². The van der Waals surface area contributed by atoms with Gasteiger partial charge in [-0.15, -0.1) is 0 Å². The maximum absolute atomic E-state index is 12.0. The summed E-state index contributed by atoms with van der Waals surface area (Å²) in [7, 11) is 1.46. The number of carbonyl (C=O) groups excluding carboxylic acids is 2. The molecule has 0 fully saturated rings. The molecule has 8 nitrogen and oxygen atoms in total. The minimum Gasteiger partial charge on any atom is -0.495 e. The minimum absolute atomic E-state index is 0.109. The molecule has 2 amide bonds. The fraction of sp³-hybridized carbons (Fsp3) is 0.125. The van der Waals surface area contributed by atoms with Crippen molar-refractivity contribution < 1.29 is 19.2 Å². The summed E-state index contributed by atoms with van der Waals surface area (Å²) in [4.78, 5) is 33.9. The molecule has 0 atom stereocenters. The summed E-state index contributed by atoms with van der Waals surface area (Å²) in [6.45, 7) is 1.84. The molecule has 0 spiro atoms. The van der Waals surface area contributed by atoms with Crippen LogP contribution in [-0.2, 0) is 9.59 Å². The van der Waals surface area contributed by atoms with Gasteiger partial charge in [-0.05, 0) is 36.8 Å². The van der Waals surface area contributed by atoms with Crippen molar-refractivity contribution in [1.29, 1.82) is 0 Å². The Balaban J connectivity index is 2.06. The van der Waals surface area contributed by atoms with Crippen LogP contribution in [0.2, 0.25) is 0 Å². The van der Waals surface area contributed by atoms with Crippen LogP contribution >= 0.6 is 0 Å². The van der Waals surface area contributed by atoms with Gasteiger partial charge in [-0.1, -0.05) is 6.07 Å². The van der Waals surface area contributed by atoms with E-state index in [0.717, 1.165) is 5.56 Å². The van der Waals surface area contributed by atoms with E-state index in [1.807, 2.05) is 13.0 Å². The third-order valence-corrected chi connectivity index (χ3v) is 3.15. The molecule has 0 aliphatic heterocycles. The minimum atomic E-state index is -0.896. The van der Waals surface area contributed by atoms with Gasteiger partial charge in [0.1, 0.15) is 5.75 Å². The Kier molecular flexibility index (Phi) is 5.10. The molecule has 24 heavy (non-hydrogen) atoms. The van der Waals surface area contributed by atoms with Crippen LogP contribution < -0.4 is 15.4 Å². The molecule has 0 saturated carbocycles. The lowest BCUT2D eigenvalue weighted by molar-refractivity contribution is -0.384. The SMILES string of the molecule is COc1ccc(C)cc1NC(=O)C(=O)Nc1ccc([N+](=O)[O-])cc1. The van der Waals surface area contributed by atoms with E-state index < -0.39 is 16.7 Å². The summed E-state index contributed by atoms with van der Waals surface area (Å²) in [6, 6.07) is 10.3. The molecular formula is C16H15N3O5. The van der Waals surface area contributed by atoms with Crippen LogP contribution in [0.15, 0.2) is 42.5 Å². The molecule has 2 N–H and O–H groups in total. The van der Waals surface area contributed by atoms with Gasteiger partial charge in [0.05, 0.1) is 17.7 Å². The van der Waals surface area contributed by atoms with Crippen LogP contribution in [0.1, 0.15) is 5.56 Å². The molecule has 0 aromatic heterocycles. The first-order valence-electron chi connectivity index (χ1n) is 6.92. The predicted octanol–water partition coefficient (Wildman–Crippen LogP) is 2.49. The van der Waals surface area contributed by atoms with Crippen molar-refractivity contribution in [2.45, 2.75) is 6.92 Å². The molecule has 0 saturated heterocycles. The second-order valence-corrected chi connectivity index (χ2v) is 4.92. The third-order valence-electron chi connectivity index (χ3n) is 3.15. The number of nitrogens with one attached hydrogen (secondary N) is 2. The number of anilines is 2. The van der Waals surface area contributed by atoms with Gasteiger partial charge in [0.2, 0.25) is 0 Å². The van der Waals surface area contributed by atoms with Crippen LogP contribution in [0.3, 0.4) is 0 Å². The predicted molar refractivity (Wildman–Crippen MR) is 88.1 cm³/mol. The number of benzene rings is 2. The van der Waals surface area contributed by atoms with E-state index >= 15 is 0 Å². The lowest BCUT2D eigenvalue weighted by Crippen LogP contribution is -2.29. The van der Waals surface area contributed by atoms with Gasteiger partial charge < -0.3 is 15.4 Å². The van der Waals surface area contributed by atoms with Crippen LogP contribution in [0, 0.1) is 17.0 Å². The van der Waals surface area contributed by atoms with Gasteiger partial charge in [0.25, 0.3) is 5.69 Å². The van der Waals surface area contributed by atoms with Crippen molar-refractivity contribution in [2.75, 3.05) is 17.7 Å². The number of carbonyl (C=O) groups is 2. The first-order chi connectivity index (χ1) is 11.4. The zero-order chi connectivity index (χ0) is 17.7. The highest BCUT2D eigenvalue weighted by Crippen LogP contribution is 2.25. The van der Waals surface area contributed by atoms with Crippen LogP contribution in [0.5, 0.6) is 5.75 Å². The largest absolute Gasteiger partial charge is 0.495 e. The summed E-state index contributed by atoms with van der Waals surface area (Å²) in [5.74, 6) is -1.35. The number of nitro benzene ring substituents is 1. The number of ether oxygens (including phenoxy) is 1. The number of methoxy groups -OCH3 is 1. The van der Waals surface area contributed by atoms with Gasteiger partial charge >= 0.3 is 11.8 Å². The maximum Gasteiger partial charge on any atom is 0.314 e. The van der Waals surface area contributed by atoms with Gasteiger partial charge in [0, 0.05) is 17.8 Å². The average Bonchev–Trinajstić information content (AvgIpc) is 2.55. The highest BCUT2D eigenvalue weighted by Gasteiger charge is 2.16. The summed E-state index contributed by atoms with van der Waals surface area (Å²) >= 11 is 0. The molecular weight excluding hydrogens is 314 g/mol. The van der Waals surface area contributed by atoms with Gasteiger partial charge in [0.15, 0.2) is 0 Å². The van der Waals surface area contributed by atoms with E-state index in [-0.39, 0.29) is 11.4 Å². The van der Waals surface area contributed by atoms with Crippen molar-refractivity contribution in [3.8, 4) is 5.75 Å². The van der Waals surface area contributed by atoms with E-state index in [1.165, 1.54) is 31.4 Å². The molecule has 124 valence electrons. The standard InChI is InChI=1S/C16H15N3O5/c1-10-3-8-14(24-2)13(9-10)18-16(21)15(20)17-11-4-6-12(7-5-11)19(22)23/h3-9H,1-2H3,(H,17,20)(H,18,21). The van der Waals surface area contributed by atoms with Gasteiger partial charge in [-0.25, -0.2) is 0 Å². The Hall–Kier alpha value is -3.42. The Morgan fingerprint density at radius 3 is 2.25 bits per heavy atom. The third kappa shape index (κ3) is 4.07. The molecule has 2 aromatic rings. The first kappa shape index (κ1) is 16.9. The monoisotopic (exact) mass is 329 g/mol. The quantitative estimate of drug-likeness (QED) is 0.508. The molecule has 2 aromatic carbocycles. The number of aryl methyl sites for hydroxylation is 1. The van der Waals surface area contributed by atoms with E-state index in [4.69, 9.17) is 4.74 Å². The summed E-state index contributed by atoms with van der Waals surface area (Å²) < 4.78 is 5.12. The summed E-state index contributed by atoms with van der Waals surface area (Å²) in [6.07, 6.45) is 0. The highest BCUT2D eigenvalue weighted by molar-refractivity contribution is 6.43. The van der Waals surface area contributed by atoms with Crippen molar-refractivity contribution in [3.05, 3.63) is 58.1 Å². The van der Waals surface area contributed by atoms with E-state index in [0.29, 0.717) is 11.4 Å². The Bertz CT molecular complexity index is 787. The van der Waals surface area contributed by atoms with Crippen molar-refractivity contribution in [3.63, 3.8) is 0 Å². The number of hydrogen-bond donors (Lipinski definition) is 2. The highest BCUT2D eigenvalue weighted by atomic mass is 16.6. The van der Waals surface area contributed by atoms with E-state index in [2.05, 4.69) is 10.6 Å². The Morgan fingerprint density at radius 1 is 1.04 bits per heavy atom. The first-order valence-corrected chi connectivity index (χ1v) is 6.92. The molecule has 2 rings (SSSR count). The second-order valence-electron chi connectivity index (χ2n) is 4.92. The van der Waals surface area contributed by atoms with Gasteiger partial charge in [-0.3, -0.25) is 19.7 Å². The molecule has 0 aliphatic rings. The number of nitro groups is 1. The lowest BCUT2D eigenvalue weighted by atomic mass is 10.2. The molecule has 0 unspecified atom stereocenters. The fourth-order valence-electron chi connectivity index (χ4n) is 1.95. The maximum atomic E-state index is 12.0. The van der Waals surface area contributed by atoms with Crippen LogP contribution in [0.25, 0.3) is 0 Å². The molecule has 0 aliphatic carbocycles. The number of amides is 2. The molecule has 8 heteroatoms.